The molecule has 0 aliphatic carbocycles. The van der Waals surface area contributed by atoms with Crippen LogP contribution < -0.4 is 0 Å². The molecule has 25 atom stereocenters. The second-order valence-electron chi connectivity index (χ2n) is 13.9. The molecule has 0 aromatic heterocycles. The Hall–Kier alpha value is -0.920. The van der Waals surface area contributed by atoms with Crippen molar-refractivity contribution in [2.75, 3.05) is 13.2 Å². The maximum Gasteiger partial charge on any atom is 0.187 e. The quantitative estimate of drug-likeness (QED) is 0.0978. The summed E-state index contributed by atoms with van der Waals surface area (Å²) < 4.78 is 50.0. The first-order valence-electron chi connectivity index (χ1n) is 17.2. The number of ether oxygens (including phenoxy) is 9. The van der Waals surface area contributed by atoms with E-state index in [4.69, 9.17) is 42.6 Å². The first-order chi connectivity index (χ1) is 24.9. The summed E-state index contributed by atoms with van der Waals surface area (Å²) in [5.74, 6) is 0. The van der Waals surface area contributed by atoms with Crippen molar-refractivity contribution in [3.05, 3.63) is 0 Å². The van der Waals surface area contributed by atoms with Gasteiger partial charge in [0.1, 0.15) is 104 Å². The molecule has 0 unspecified atom stereocenters. The number of hydrogen-bond acceptors (Lipinski definition) is 23. The normalized spacial score (nSPS) is 55.5. The zero-order valence-corrected chi connectivity index (χ0v) is 28.8. The Morgan fingerprint density at radius 1 is 0.340 bits per heavy atom. The molecule has 310 valence electrons. The minimum atomic E-state index is -1.94. The molecule has 5 heterocycles. The molecule has 14 N–H and O–H groups in total. The summed E-state index contributed by atoms with van der Waals surface area (Å²) in [6.45, 7) is 2.58. The first kappa shape index (κ1) is 43.2. The van der Waals surface area contributed by atoms with Gasteiger partial charge >= 0.3 is 0 Å². The highest BCUT2D eigenvalue weighted by molar-refractivity contribution is 4.97. The van der Waals surface area contributed by atoms with Gasteiger partial charge in [-0.2, -0.15) is 0 Å². The van der Waals surface area contributed by atoms with Gasteiger partial charge in [-0.05, 0) is 20.8 Å². The van der Waals surface area contributed by atoms with Crippen LogP contribution >= 0.6 is 0 Å². The predicted molar refractivity (Wildman–Crippen MR) is 162 cm³/mol. The van der Waals surface area contributed by atoms with Crippen molar-refractivity contribution in [1.82, 2.24) is 0 Å². The molecule has 53 heavy (non-hydrogen) atoms. The number of rotatable bonds is 10. The van der Waals surface area contributed by atoms with Crippen LogP contribution in [0.4, 0.5) is 0 Å². The van der Waals surface area contributed by atoms with E-state index in [1.54, 1.807) is 0 Å². The third-order valence-corrected chi connectivity index (χ3v) is 10.2. The molecule has 5 saturated heterocycles. The second-order valence-corrected chi connectivity index (χ2v) is 13.9. The molecule has 0 aromatic carbocycles. The standard InChI is InChI=1S/C30H52O23/c1-6-11(33)13(35)17(39)27(45-6)53-25-21(43)24(10(5-32)48-26(25)44)52-29-20(42)16(38)22(7(2)47-29)50-28-19(41)15(37)23(8(3)46-28)51-30-18(40)14(36)12(34)9(4-31)49-30/h6-44H,4-5H2,1-3H3/t6-,7-,8-,9+,10+,11-,12+,13+,14-,15-,16-,17+,18+,19+,20+,21-,22-,23-,24+,25+,26+,27-,28-,29-,30-/m0/s1. The van der Waals surface area contributed by atoms with E-state index in [1.165, 1.54) is 20.8 Å². The van der Waals surface area contributed by atoms with Crippen molar-refractivity contribution in [3.8, 4) is 0 Å². The van der Waals surface area contributed by atoms with Gasteiger partial charge in [0.25, 0.3) is 0 Å². The Labute approximate surface area is 301 Å². The third-order valence-electron chi connectivity index (χ3n) is 10.2. The van der Waals surface area contributed by atoms with Gasteiger partial charge in [0.05, 0.1) is 31.5 Å². The van der Waals surface area contributed by atoms with Gasteiger partial charge in [-0.25, -0.2) is 0 Å². The lowest BCUT2D eigenvalue weighted by molar-refractivity contribution is -0.391. The largest absolute Gasteiger partial charge is 0.394 e. The molecule has 0 amide bonds. The first-order valence-corrected chi connectivity index (χ1v) is 17.2. The average molecular weight is 781 g/mol. The van der Waals surface area contributed by atoms with Crippen LogP contribution in [0, 0.1) is 0 Å². The van der Waals surface area contributed by atoms with E-state index < -0.39 is 167 Å². The Balaban J connectivity index is 1.21. The van der Waals surface area contributed by atoms with E-state index in [9.17, 15) is 71.5 Å². The highest BCUT2D eigenvalue weighted by Crippen LogP contribution is 2.35. The zero-order valence-electron chi connectivity index (χ0n) is 28.8. The van der Waals surface area contributed by atoms with E-state index in [2.05, 4.69) is 0 Å². The van der Waals surface area contributed by atoms with Crippen molar-refractivity contribution in [2.24, 2.45) is 0 Å². The van der Waals surface area contributed by atoms with Gasteiger partial charge in [0.2, 0.25) is 0 Å². The fourth-order valence-corrected chi connectivity index (χ4v) is 6.91. The van der Waals surface area contributed by atoms with E-state index in [0.717, 1.165) is 0 Å². The smallest absolute Gasteiger partial charge is 0.187 e. The number of aliphatic hydroxyl groups excluding tert-OH is 14. The van der Waals surface area contributed by atoms with Gasteiger partial charge in [0, 0.05) is 0 Å². The van der Waals surface area contributed by atoms with Gasteiger partial charge in [-0.3, -0.25) is 0 Å². The van der Waals surface area contributed by atoms with Crippen molar-refractivity contribution < 1.29 is 114 Å². The van der Waals surface area contributed by atoms with Crippen LogP contribution in [0.15, 0.2) is 0 Å². The Morgan fingerprint density at radius 2 is 0.717 bits per heavy atom. The van der Waals surface area contributed by atoms with Crippen molar-refractivity contribution in [3.63, 3.8) is 0 Å². The van der Waals surface area contributed by atoms with E-state index in [0.29, 0.717) is 0 Å². The summed E-state index contributed by atoms with van der Waals surface area (Å²) in [7, 11) is 0. The van der Waals surface area contributed by atoms with Crippen LogP contribution in [0.1, 0.15) is 20.8 Å². The minimum absolute atomic E-state index is 0.738. The fraction of sp³-hybridized carbons (Fsp3) is 1.00. The molecule has 0 bridgehead atoms. The molecular weight excluding hydrogens is 728 g/mol. The number of aliphatic hydroxyl groups is 14. The van der Waals surface area contributed by atoms with Crippen molar-refractivity contribution in [2.45, 2.75) is 174 Å². The zero-order chi connectivity index (χ0) is 39.2. The summed E-state index contributed by atoms with van der Waals surface area (Å²) in [6, 6.07) is 0. The van der Waals surface area contributed by atoms with E-state index in [-0.39, 0.29) is 0 Å². The lowest BCUT2D eigenvalue weighted by atomic mass is 9.96. The van der Waals surface area contributed by atoms with Crippen LogP contribution in [0.25, 0.3) is 0 Å². The Bertz CT molecular complexity index is 1160. The predicted octanol–water partition coefficient (Wildman–Crippen LogP) is -8.84. The maximum atomic E-state index is 11.2. The molecule has 0 radical (unpaired) electrons. The Morgan fingerprint density at radius 3 is 1.19 bits per heavy atom. The monoisotopic (exact) mass is 780 g/mol. The molecule has 0 spiro atoms. The second kappa shape index (κ2) is 17.7. The molecule has 23 heteroatoms. The van der Waals surface area contributed by atoms with Crippen molar-refractivity contribution >= 4 is 0 Å². The maximum absolute atomic E-state index is 11.2. The highest BCUT2D eigenvalue weighted by Gasteiger charge is 2.55. The van der Waals surface area contributed by atoms with Gasteiger partial charge in [0.15, 0.2) is 31.5 Å². The van der Waals surface area contributed by atoms with Crippen LogP contribution in [0.3, 0.4) is 0 Å². The molecule has 0 aromatic rings. The van der Waals surface area contributed by atoms with Crippen LogP contribution in [0.2, 0.25) is 0 Å². The SMILES string of the molecule is C[C@@H]1O[C@@H](O[C@@H]2[C@@H](O)[C@H](O[C@@H]3O[C@@H](C)[C@H](O[C@@H]4O[C@@H](C)[C@H](O[C@@H]5O[C@H](CO)[C@@H](O)[C@H](O)[C@H]5O)[C@@H](O)[C@H]4O)[C@@H](O)[C@H]3O)[C@@H](CO)O[C@H]2O)[C@H](O)[C@H](O)[C@H]1O. The molecule has 5 aliphatic rings. The van der Waals surface area contributed by atoms with Gasteiger partial charge in [-0.1, -0.05) is 0 Å². The van der Waals surface area contributed by atoms with Crippen LogP contribution in [-0.4, -0.2) is 238 Å². The van der Waals surface area contributed by atoms with Gasteiger partial charge in [-0.15, -0.1) is 0 Å². The van der Waals surface area contributed by atoms with Gasteiger partial charge < -0.3 is 114 Å². The average Bonchev–Trinajstić information content (AvgIpc) is 3.12. The summed E-state index contributed by atoms with van der Waals surface area (Å²) in [4.78, 5) is 0. The molecular formula is C30H52O23. The molecule has 5 rings (SSSR count). The summed E-state index contributed by atoms with van der Waals surface area (Å²) >= 11 is 0. The summed E-state index contributed by atoms with van der Waals surface area (Å²) in [5.41, 5.74) is 0. The lowest BCUT2D eigenvalue weighted by Gasteiger charge is -2.49. The molecule has 23 nitrogen and oxygen atoms in total. The summed E-state index contributed by atoms with van der Waals surface area (Å²) in [5, 5.41) is 146. The minimum Gasteiger partial charge on any atom is -0.394 e. The van der Waals surface area contributed by atoms with Crippen LogP contribution in [-0.2, 0) is 42.6 Å². The van der Waals surface area contributed by atoms with E-state index >= 15 is 0 Å². The topological polar surface area (TPSA) is 366 Å². The van der Waals surface area contributed by atoms with Crippen molar-refractivity contribution in [1.29, 1.82) is 0 Å². The van der Waals surface area contributed by atoms with Crippen LogP contribution in [0.5, 0.6) is 0 Å². The number of hydrogen-bond donors (Lipinski definition) is 14. The van der Waals surface area contributed by atoms with E-state index in [1.807, 2.05) is 0 Å². The highest BCUT2D eigenvalue weighted by atomic mass is 16.8. The molecule has 5 fully saturated rings. The lowest BCUT2D eigenvalue weighted by Crippen LogP contribution is -2.67. The molecule has 5 aliphatic heterocycles. The molecule has 0 saturated carbocycles. The summed E-state index contributed by atoms with van der Waals surface area (Å²) in [6.07, 6.45) is -40.6. The third kappa shape index (κ3) is 8.68. The Kier molecular flexibility index (Phi) is 14.4. The fourth-order valence-electron chi connectivity index (χ4n) is 6.91.